The summed E-state index contributed by atoms with van der Waals surface area (Å²) in [6.45, 7) is 8.13. The van der Waals surface area contributed by atoms with Gasteiger partial charge in [-0.3, -0.25) is 4.48 Å². The summed E-state index contributed by atoms with van der Waals surface area (Å²) in [5, 5.41) is 0.827. The molecule has 4 bridgehead atoms. The largest absolute Gasteiger partial charge is 1.00 e. The van der Waals surface area contributed by atoms with Crippen molar-refractivity contribution in [1.82, 2.24) is 14.7 Å². The summed E-state index contributed by atoms with van der Waals surface area (Å²) in [6, 6.07) is 8.34. The summed E-state index contributed by atoms with van der Waals surface area (Å²) < 4.78 is 1.15. The second-order valence-electron chi connectivity index (χ2n) is 5.99. The van der Waals surface area contributed by atoms with E-state index in [1.54, 1.807) is 0 Å². The molecule has 0 unspecified atom stereocenters. The zero-order chi connectivity index (χ0) is 12.2. The van der Waals surface area contributed by atoms with Crippen LogP contribution in [-0.2, 0) is 6.54 Å². The molecule has 1 aromatic rings. The molecule has 0 aliphatic carbocycles. The standard InChI is InChI=1S/C13H18ClN4.ClH/c14-13-3-1-12(2-4-13)5-18-9-15-6-16(10-18)8-17(7-15)11-18;/h1-4H,5-11H2;1H/q+1;/p-1. The third kappa shape index (κ3) is 2.49. The molecule has 0 spiro atoms. The van der Waals surface area contributed by atoms with Crippen LogP contribution in [0.4, 0.5) is 0 Å². The van der Waals surface area contributed by atoms with Gasteiger partial charge in [0, 0.05) is 10.6 Å². The van der Waals surface area contributed by atoms with Gasteiger partial charge in [-0.25, -0.2) is 14.7 Å². The fourth-order valence-corrected chi connectivity index (χ4v) is 3.91. The summed E-state index contributed by atoms with van der Waals surface area (Å²) in [7, 11) is 0. The van der Waals surface area contributed by atoms with Crippen LogP contribution >= 0.6 is 11.6 Å². The molecule has 4 fully saturated rings. The highest BCUT2D eigenvalue weighted by Crippen LogP contribution is 2.30. The number of benzene rings is 1. The maximum Gasteiger partial charge on any atom is 0.139 e. The predicted octanol–water partition coefficient (Wildman–Crippen LogP) is -1.65. The lowest BCUT2D eigenvalue weighted by molar-refractivity contribution is -0.991. The van der Waals surface area contributed by atoms with Crippen molar-refractivity contribution in [3.63, 3.8) is 0 Å². The highest BCUT2D eigenvalue weighted by atomic mass is 35.5. The topological polar surface area (TPSA) is 9.72 Å². The Morgan fingerprint density at radius 2 is 1.37 bits per heavy atom. The van der Waals surface area contributed by atoms with Gasteiger partial charge in [0.2, 0.25) is 0 Å². The number of halogens is 2. The molecule has 0 atom stereocenters. The molecule has 0 radical (unpaired) electrons. The second kappa shape index (κ2) is 4.88. The maximum atomic E-state index is 5.96. The monoisotopic (exact) mass is 300 g/mol. The van der Waals surface area contributed by atoms with Gasteiger partial charge < -0.3 is 12.4 Å². The van der Waals surface area contributed by atoms with Gasteiger partial charge in [0.25, 0.3) is 0 Å². The third-order valence-corrected chi connectivity index (χ3v) is 4.38. The van der Waals surface area contributed by atoms with E-state index >= 15 is 0 Å². The summed E-state index contributed by atoms with van der Waals surface area (Å²) in [6.07, 6.45) is 0. The molecule has 4 aliphatic rings. The Labute approximate surface area is 125 Å². The summed E-state index contributed by atoms with van der Waals surface area (Å²) in [5.41, 5.74) is 1.39. The van der Waals surface area contributed by atoms with E-state index in [4.69, 9.17) is 11.6 Å². The van der Waals surface area contributed by atoms with Crippen molar-refractivity contribution in [2.45, 2.75) is 6.54 Å². The Balaban J connectivity index is 0.00000110. The molecule has 0 saturated carbocycles. The lowest BCUT2D eigenvalue weighted by atomic mass is 10.1. The third-order valence-electron chi connectivity index (χ3n) is 4.13. The van der Waals surface area contributed by atoms with Crippen molar-refractivity contribution in [2.75, 3.05) is 40.0 Å². The number of hydrogen-bond acceptors (Lipinski definition) is 3. The smallest absolute Gasteiger partial charge is 0.139 e. The van der Waals surface area contributed by atoms with Crippen molar-refractivity contribution in [1.29, 1.82) is 0 Å². The fraction of sp³-hybridized carbons (Fsp3) is 0.538. The molecule has 4 nitrogen and oxygen atoms in total. The van der Waals surface area contributed by atoms with E-state index in [1.165, 1.54) is 25.6 Å². The second-order valence-corrected chi connectivity index (χ2v) is 6.42. The molecule has 0 N–H and O–H groups in total. The average Bonchev–Trinajstić information content (AvgIpc) is 2.30. The maximum absolute atomic E-state index is 5.96. The minimum atomic E-state index is 0. The van der Waals surface area contributed by atoms with Crippen LogP contribution in [0.5, 0.6) is 0 Å². The lowest BCUT2D eigenvalue weighted by Crippen LogP contribution is -3.00. The van der Waals surface area contributed by atoms with E-state index in [-0.39, 0.29) is 12.4 Å². The summed E-state index contributed by atoms with van der Waals surface area (Å²) in [4.78, 5) is 7.64. The number of rotatable bonds is 2. The van der Waals surface area contributed by atoms with E-state index in [2.05, 4.69) is 26.8 Å². The Bertz CT molecular complexity index is 427. The van der Waals surface area contributed by atoms with E-state index in [1.807, 2.05) is 12.1 Å². The van der Waals surface area contributed by atoms with Gasteiger partial charge in [-0.05, 0) is 12.1 Å². The predicted molar refractivity (Wildman–Crippen MR) is 70.1 cm³/mol. The first-order chi connectivity index (χ1) is 8.71. The van der Waals surface area contributed by atoms with Crippen LogP contribution in [0.3, 0.4) is 0 Å². The molecule has 1 aromatic carbocycles. The SMILES string of the molecule is Clc1ccc(C[N+]23CN4CN(CN(C4)C2)C3)cc1.[Cl-]. The van der Waals surface area contributed by atoms with Gasteiger partial charge in [-0.15, -0.1) is 0 Å². The molecule has 4 saturated heterocycles. The quantitative estimate of drug-likeness (QED) is 0.606. The van der Waals surface area contributed by atoms with Crippen LogP contribution in [0.25, 0.3) is 0 Å². The highest BCUT2D eigenvalue weighted by molar-refractivity contribution is 6.30. The minimum Gasteiger partial charge on any atom is -1.00 e. The van der Waals surface area contributed by atoms with Crippen LogP contribution in [0, 0.1) is 0 Å². The van der Waals surface area contributed by atoms with Crippen LogP contribution in [0.15, 0.2) is 24.3 Å². The van der Waals surface area contributed by atoms with Crippen molar-refractivity contribution in [3.8, 4) is 0 Å². The van der Waals surface area contributed by atoms with E-state index in [9.17, 15) is 0 Å². The van der Waals surface area contributed by atoms with Crippen molar-refractivity contribution in [3.05, 3.63) is 34.9 Å². The van der Waals surface area contributed by atoms with Crippen LogP contribution < -0.4 is 12.4 Å². The van der Waals surface area contributed by atoms with Crippen molar-refractivity contribution >= 4 is 11.6 Å². The van der Waals surface area contributed by atoms with Gasteiger partial charge in [-0.2, -0.15) is 0 Å². The zero-order valence-corrected chi connectivity index (χ0v) is 12.3. The molecule has 0 amide bonds. The minimum absolute atomic E-state index is 0. The first-order valence-corrected chi connectivity index (χ1v) is 6.85. The van der Waals surface area contributed by atoms with Crippen LogP contribution in [-0.4, -0.2) is 59.2 Å². The van der Waals surface area contributed by atoms with E-state index in [0.717, 1.165) is 36.1 Å². The first-order valence-electron chi connectivity index (χ1n) is 6.47. The molecule has 5 rings (SSSR count). The molecular formula is C13H18Cl2N4. The Morgan fingerprint density at radius 3 is 1.84 bits per heavy atom. The molecule has 19 heavy (non-hydrogen) atoms. The van der Waals surface area contributed by atoms with Crippen molar-refractivity contribution in [2.24, 2.45) is 0 Å². The number of nitrogens with zero attached hydrogens (tertiary/aromatic N) is 4. The van der Waals surface area contributed by atoms with E-state index in [0.29, 0.717) is 0 Å². The normalized spacial score (nSPS) is 39.1. The van der Waals surface area contributed by atoms with Gasteiger partial charge in [0.05, 0.1) is 20.0 Å². The molecule has 4 heterocycles. The van der Waals surface area contributed by atoms with Gasteiger partial charge in [-0.1, -0.05) is 23.7 Å². The van der Waals surface area contributed by atoms with Gasteiger partial charge in [0.1, 0.15) is 26.6 Å². The van der Waals surface area contributed by atoms with Crippen LogP contribution in [0.2, 0.25) is 5.02 Å². The lowest BCUT2D eigenvalue weighted by Gasteiger charge is -2.60. The molecule has 6 heteroatoms. The molecule has 0 aromatic heterocycles. The zero-order valence-electron chi connectivity index (χ0n) is 10.8. The van der Waals surface area contributed by atoms with Crippen LogP contribution in [0.1, 0.15) is 5.56 Å². The molecular weight excluding hydrogens is 283 g/mol. The highest BCUT2D eigenvalue weighted by Gasteiger charge is 2.48. The number of hydrogen-bond donors (Lipinski definition) is 0. The molecule has 4 aliphatic heterocycles. The average molecular weight is 301 g/mol. The number of quaternary nitrogens is 1. The fourth-order valence-electron chi connectivity index (χ4n) is 3.79. The Hall–Kier alpha value is -0.360. The summed E-state index contributed by atoms with van der Waals surface area (Å²) >= 11 is 5.96. The Morgan fingerprint density at radius 1 is 0.895 bits per heavy atom. The summed E-state index contributed by atoms with van der Waals surface area (Å²) in [5.74, 6) is 0. The van der Waals surface area contributed by atoms with E-state index < -0.39 is 0 Å². The Kier molecular flexibility index (Phi) is 3.50. The molecule has 104 valence electrons. The van der Waals surface area contributed by atoms with Gasteiger partial charge >= 0.3 is 0 Å². The first kappa shape index (κ1) is 13.6. The van der Waals surface area contributed by atoms with Crippen molar-refractivity contribution < 1.29 is 16.9 Å². The van der Waals surface area contributed by atoms with Gasteiger partial charge in [0.15, 0.2) is 0 Å².